The first-order chi connectivity index (χ1) is 7.22. The first kappa shape index (κ1) is 15.1. The molecule has 0 aromatic carbocycles. The van der Waals surface area contributed by atoms with Crippen molar-refractivity contribution < 1.29 is 0 Å². The maximum atomic E-state index is 3.81. The molecule has 0 rings (SSSR count). The highest BCUT2D eigenvalue weighted by molar-refractivity contribution is 8.78. The molecule has 0 amide bonds. The van der Waals surface area contributed by atoms with Crippen LogP contribution in [0.4, 0.5) is 0 Å². The van der Waals surface area contributed by atoms with Gasteiger partial charge in [-0.1, -0.05) is 53.2 Å². The molecule has 1 nitrogen and oxygen atoms in total. The van der Waals surface area contributed by atoms with Crippen molar-refractivity contribution in [2.24, 2.45) is 0 Å². The number of nitrogens with one attached hydrogen (secondary N) is 1. The monoisotopic (exact) mass is 245 g/mol. The lowest BCUT2D eigenvalue weighted by Gasteiger charge is -2.05. The van der Waals surface area contributed by atoms with Gasteiger partial charge in [0.15, 0.2) is 0 Å². The lowest BCUT2D eigenvalue weighted by atomic mass is 10.3. The summed E-state index contributed by atoms with van der Waals surface area (Å²) in [5, 5.41) is 3.43. The van der Waals surface area contributed by atoms with Gasteiger partial charge in [-0.2, -0.15) is 0 Å². The van der Waals surface area contributed by atoms with Gasteiger partial charge in [0.2, 0.25) is 0 Å². The van der Waals surface area contributed by atoms with E-state index in [0.29, 0.717) is 0 Å². The first-order valence-corrected chi connectivity index (χ1v) is 7.84. The molecule has 0 spiro atoms. The molecule has 3 heteroatoms. The Hall–Kier alpha value is 0.140. The molecule has 0 aromatic rings. The Bertz CT molecular complexity index is 196. The van der Waals surface area contributed by atoms with E-state index >= 15 is 0 Å². The topological polar surface area (TPSA) is 12.0 Å². The fraction of sp³-hybridized carbons (Fsp3) is 0.667. The summed E-state index contributed by atoms with van der Waals surface area (Å²) in [7, 11) is 3.73. The van der Waals surface area contributed by atoms with Crippen LogP contribution in [0.5, 0.6) is 0 Å². The summed E-state index contributed by atoms with van der Waals surface area (Å²) in [6, 6.07) is 0. The van der Waals surface area contributed by atoms with E-state index in [2.05, 4.69) is 32.7 Å². The molecular weight excluding hydrogens is 222 g/mol. The summed E-state index contributed by atoms with van der Waals surface area (Å²) in [6.45, 7) is 12.5. The molecule has 0 unspecified atom stereocenters. The highest BCUT2D eigenvalue weighted by Gasteiger charge is 1.96. The van der Waals surface area contributed by atoms with Crippen molar-refractivity contribution in [2.45, 2.75) is 33.6 Å². The molecule has 0 saturated carbocycles. The largest absolute Gasteiger partial charge is 0.316 e. The van der Waals surface area contributed by atoms with Gasteiger partial charge < -0.3 is 5.32 Å². The molecule has 0 saturated heterocycles. The normalized spacial score (nSPS) is 10.1. The van der Waals surface area contributed by atoms with Crippen molar-refractivity contribution in [2.75, 3.05) is 18.8 Å². The fourth-order valence-corrected chi connectivity index (χ4v) is 3.22. The van der Waals surface area contributed by atoms with Gasteiger partial charge in [-0.05, 0) is 26.8 Å². The van der Waals surface area contributed by atoms with Crippen molar-refractivity contribution >= 4 is 21.6 Å². The van der Waals surface area contributed by atoms with Gasteiger partial charge in [-0.15, -0.1) is 0 Å². The van der Waals surface area contributed by atoms with E-state index in [4.69, 9.17) is 0 Å². The van der Waals surface area contributed by atoms with Crippen molar-refractivity contribution in [1.82, 2.24) is 5.32 Å². The molecule has 0 atom stereocenters. The van der Waals surface area contributed by atoms with Crippen LogP contribution in [0, 0.1) is 0 Å². The second-order valence-corrected chi connectivity index (χ2v) is 6.03. The van der Waals surface area contributed by atoms with Gasteiger partial charge in [-0.3, -0.25) is 0 Å². The van der Waals surface area contributed by atoms with Gasteiger partial charge >= 0.3 is 0 Å². The van der Waals surface area contributed by atoms with Gasteiger partial charge in [-0.25, -0.2) is 0 Å². The molecule has 0 aliphatic rings. The van der Waals surface area contributed by atoms with Crippen LogP contribution in [0.15, 0.2) is 23.1 Å². The van der Waals surface area contributed by atoms with E-state index < -0.39 is 0 Å². The Balaban J connectivity index is 3.38. The molecule has 0 heterocycles. The summed E-state index contributed by atoms with van der Waals surface area (Å²) in [4.78, 5) is 1.30. The Morgan fingerprint density at radius 3 is 2.60 bits per heavy atom. The van der Waals surface area contributed by atoms with Crippen molar-refractivity contribution in [3.8, 4) is 0 Å². The zero-order valence-corrected chi connectivity index (χ0v) is 11.8. The fourth-order valence-electron chi connectivity index (χ4n) is 0.967. The van der Waals surface area contributed by atoms with Crippen LogP contribution < -0.4 is 5.32 Å². The molecule has 15 heavy (non-hydrogen) atoms. The summed E-state index contributed by atoms with van der Waals surface area (Å²) in [6.07, 6.45) is 4.49. The van der Waals surface area contributed by atoms with Crippen LogP contribution in [-0.4, -0.2) is 18.8 Å². The first-order valence-electron chi connectivity index (χ1n) is 5.52. The third kappa shape index (κ3) is 9.09. The van der Waals surface area contributed by atoms with Crippen LogP contribution in [0.25, 0.3) is 0 Å². The predicted octanol–water partition coefficient (Wildman–Crippen LogP) is 4.24. The SMILES string of the molecule is C=CC(SSCCNCCCC)=C(C)C. The number of rotatable bonds is 9. The van der Waals surface area contributed by atoms with Crippen LogP contribution in [0.1, 0.15) is 33.6 Å². The number of hydrogen-bond donors (Lipinski definition) is 1. The lowest BCUT2D eigenvalue weighted by molar-refractivity contribution is 0.666. The summed E-state index contributed by atoms with van der Waals surface area (Å²) in [5.74, 6) is 1.15. The summed E-state index contributed by atoms with van der Waals surface area (Å²) in [5.41, 5.74) is 1.35. The maximum Gasteiger partial charge on any atom is 0.0166 e. The zero-order valence-electron chi connectivity index (χ0n) is 10.1. The third-order valence-electron chi connectivity index (χ3n) is 1.90. The quantitative estimate of drug-likeness (QED) is 0.371. The molecule has 0 aromatic heterocycles. The second kappa shape index (κ2) is 10.7. The molecule has 1 N–H and O–H groups in total. The minimum absolute atomic E-state index is 1.10. The summed E-state index contributed by atoms with van der Waals surface area (Å²) >= 11 is 0. The summed E-state index contributed by atoms with van der Waals surface area (Å²) < 4.78 is 0. The molecule has 0 radical (unpaired) electrons. The Labute approximate surface area is 103 Å². The van der Waals surface area contributed by atoms with E-state index in [0.717, 1.165) is 18.8 Å². The third-order valence-corrected chi connectivity index (χ3v) is 4.53. The number of unbranched alkanes of at least 4 members (excludes halogenated alkanes) is 1. The number of hydrogen-bond acceptors (Lipinski definition) is 3. The van der Waals surface area contributed by atoms with Gasteiger partial charge in [0, 0.05) is 17.2 Å². The minimum atomic E-state index is 1.10. The van der Waals surface area contributed by atoms with E-state index in [1.54, 1.807) is 0 Å². The zero-order chi connectivity index (χ0) is 11.5. The Kier molecular flexibility index (Phi) is 10.8. The van der Waals surface area contributed by atoms with Gasteiger partial charge in [0.05, 0.1) is 0 Å². The van der Waals surface area contributed by atoms with E-state index in [9.17, 15) is 0 Å². The molecule has 0 bridgehead atoms. The average Bonchev–Trinajstić information content (AvgIpc) is 2.21. The molecule has 0 aliphatic carbocycles. The highest BCUT2D eigenvalue weighted by atomic mass is 33.1. The van der Waals surface area contributed by atoms with E-state index in [-0.39, 0.29) is 0 Å². The standard InChI is InChI=1S/C12H23NS2/c1-5-7-8-13-9-10-14-15-12(6-2)11(3)4/h6,13H,2,5,7-10H2,1,3-4H3. The smallest absolute Gasteiger partial charge is 0.0166 e. The molecule has 0 fully saturated rings. The minimum Gasteiger partial charge on any atom is -0.316 e. The molecule has 0 aliphatic heterocycles. The van der Waals surface area contributed by atoms with Crippen LogP contribution in [0.3, 0.4) is 0 Å². The second-order valence-electron chi connectivity index (χ2n) is 3.58. The molecular formula is C12H23NS2. The maximum absolute atomic E-state index is 3.81. The average molecular weight is 245 g/mol. The van der Waals surface area contributed by atoms with Crippen LogP contribution in [0.2, 0.25) is 0 Å². The van der Waals surface area contributed by atoms with Crippen molar-refractivity contribution in [3.63, 3.8) is 0 Å². The molecule has 88 valence electrons. The predicted molar refractivity (Wildman–Crippen MR) is 76.4 cm³/mol. The lowest BCUT2D eigenvalue weighted by Crippen LogP contribution is -2.17. The Morgan fingerprint density at radius 2 is 2.07 bits per heavy atom. The van der Waals surface area contributed by atoms with Gasteiger partial charge in [0.1, 0.15) is 0 Å². The highest BCUT2D eigenvalue weighted by Crippen LogP contribution is 2.32. The van der Waals surface area contributed by atoms with E-state index in [1.807, 2.05) is 27.7 Å². The Morgan fingerprint density at radius 1 is 1.33 bits per heavy atom. The van der Waals surface area contributed by atoms with Crippen molar-refractivity contribution in [3.05, 3.63) is 23.1 Å². The van der Waals surface area contributed by atoms with Crippen LogP contribution in [-0.2, 0) is 0 Å². The van der Waals surface area contributed by atoms with E-state index in [1.165, 1.54) is 23.3 Å². The van der Waals surface area contributed by atoms with Gasteiger partial charge in [0.25, 0.3) is 0 Å². The number of allylic oxidation sites excluding steroid dienone is 2. The van der Waals surface area contributed by atoms with Crippen LogP contribution >= 0.6 is 21.6 Å². The van der Waals surface area contributed by atoms with Crippen molar-refractivity contribution in [1.29, 1.82) is 0 Å².